The summed E-state index contributed by atoms with van der Waals surface area (Å²) in [6.45, 7) is 17.0. The molecule has 14 heteroatoms. The van der Waals surface area contributed by atoms with Gasteiger partial charge in [0, 0.05) is 38.6 Å². The smallest absolute Gasteiger partial charge is 0.311 e. The number of carbonyl (C=O) groups is 1. The zero-order valence-electron chi connectivity index (χ0n) is 32.7. The summed E-state index contributed by atoms with van der Waals surface area (Å²) in [4.78, 5) is 18.0. The first-order valence-electron chi connectivity index (χ1n) is 18.2. The van der Waals surface area contributed by atoms with Gasteiger partial charge >= 0.3 is 5.97 Å². The van der Waals surface area contributed by atoms with Gasteiger partial charge in [-0.05, 0) is 87.9 Å². The number of methoxy groups -OCH3 is 1. The molecule has 0 aliphatic carbocycles. The highest BCUT2D eigenvalue weighted by Gasteiger charge is 2.51. The predicted molar refractivity (Wildman–Crippen MR) is 187 cm³/mol. The number of rotatable bonds is 7. The van der Waals surface area contributed by atoms with Crippen LogP contribution in [0.4, 0.5) is 0 Å². The standard InChI is InChI=1S/C36H67N3O11/c1-14-26-35(8,43)19-39(12)18-20(2)16-34(7,42)31(50-33-28(40)25(38(10)11)15-21(3)46-33)22(4)29(23(5)32(41)48-26)49-27-17-36(9,45-13)30(37-44)24(6)47-27/h20-29,31,33,40,42-44H,14-19H2,1-13H3/b37-30+/t20-,21-,22+,23-,24+,25+,26-,27+,28-,29+,31-,33+,34-,35+,36-/m1/s1. The monoisotopic (exact) mass is 717 g/mol. The van der Waals surface area contributed by atoms with Crippen molar-refractivity contribution in [3.05, 3.63) is 0 Å². The van der Waals surface area contributed by atoms with Gasteiger partial charge in [-0.3, -0.25) is 4.79 Å². The lowest BCUT2D eigenvalue weighted by Crippen LogP contribution is -2.60. The van der Waals surface area contributed by atoms with E-state index in [2.05, 4.69) is 5.16 Å². The van der Waals surface area contributed by atoms with Crippen molar-refractivity contribution in [1.29, 1.82) is 0 Å². The molecule has 0 radical (unpaired) electrons. The van der Waals surface area contributed by atoms with Crippen LogP contribution in [-0.4, -0.2) is 155 Å². The van der Waals surface area contributed by atoms with Gasteiger partial charge in [-0.15, -0.1) is 0 Å². The highest BCUT2D eigenvalue weighted by atomic mass is 16.7. The second kappa shape index (κ2) is 17.1. The number of aliphatic hydroxyl groups excluding tert-OH is 1. The van der Waals surface area contributed by atoms with E-state index >= 15 is 0 Å². The van der Waals surface area contributed by atoms with Gasteiger partial charge in [-0.25, -0.2) is 0 Å². The van der Waals surface area contributed by atoms with Crippen molar-refractivity contribution in [3.8, 4) is 0 Å². The van der Waals surface area contributed by atoms with Gasteiger partial charge in [0.05, 0.1) is 29.8 Å². The van der Waals surface area contributed by atoms with Crippen molar-refractivity contribution < 1.29 is 53.7 Å². The molecule has 0 bridgehead atoms. The van der Waals surface area contributed by atoms with Gasteiger partial charge in [0.25, 0.3) is 0 Å². The summed E-state index contributed by atoms with van der Waals surface area (Å²) in [5.74, 6) is -2.28. The molecule has 0 aromatic carbocycles. The summed E-state index contributed by atoms with van der Waals surface area (Å²) in [5, 5.41) is 48.7. The molecule has 4 N–H and O–H groups in total. The summed E-state index contributed by atoms with van der Waals surface area (Å²) in [6.07, 6.45) is -5.26. The maximum absolute atomic E-state index is 14.1. The molecule has 0 spiro atoms. The van der Waals surface area contributed by atoms with Gasteiger partial charge in [0.2, 0.25) is 0 Å². The van der Waals surface area contributed by atoms with Crippen molar-refractivity contribution >= 4 is 11.7 Å². The molecule has 3 rings (SSSR count). The number of ether oxygens (including phenoxy) is 6. The minimum Gasteiger partial charge on any atom is -0.459 e. The summed E-state index contributed by atoms with van der Waals surface area (Å²) in [5.41, 5.74) is -3.58. The molecule has 0 aromatic rings. The van der Waals surface area contributed by atoms with E-state index in [0.717, 1.165) is 0 Å². The molecule has 3 saturated heterocycles. The van der Waals surface area contributed by atoms with Gasteiger partial charge in [0.1, 0.15) is 35.2 Å². The Hall–Kier alpha value is -1.46. The predicted octanol–water partition coefficient (Wildman–Crippen LogP) is 2.62. The second-order valence-corrected chi connectivity index (χ2v) is 16.3. The average molecular weight is 718 g/mol. The first kappa shape index (κ1) is 42.9. The molecule has 14 nitrogen and oxygen atoms in total. The van der Waals surface area contributed by atoms with Crippen LogP contribution < -0.4 is 0 Å². The number of hydrogen-bond acceptors (Lipinski definition) is 14. The highest BCUT2D eigenvalue weighted by Crippen LogP contribution is 2.39. The lowest BCUT2D eigenvalue weighted by atomic mass is 9.77. The van der Waals surface area contributed by atoms with Crippen LogP contribution in [0.25, 0.3) is 0 Å². The molecule has 3 fully saturated rings. The molecule has 0 amide bonds. The van der Waals surface area contributed by atoms with E-state index in [1.165, 1.54) is 7.11 Å². The van der Waals surface area contributed by atoms with E-state index < -0.39 is 77.7 Å². The Balaban J connectivity index is 2.14. The van der Waals surface area contributed by atoms with Crippen molar-refractivity contribution in [2.75, 3.05) is 41.3 Å². The van der Waals surface area contributed by atoms with Crippen LogP contribution in [0.2, 0.25) is 0 Å². The normalized spacial score (nSPS) is 47.2. The third-order valence-electron chi connectivity index (χ3n) is 11.0. The number of esters is 1. The first-order valence-corrected chi connectivity index (χ1v) is 18.2. The summed E-state index contributed by atoms with van der Waals surface area (Å²) >= 11 is 0. The third-order valence-corrected chi connectivity index (χ3v) is 11.0. The molecule has 3 heterocycles. The lowest BCUT2D eigenvalue weighted by Gasteiger charge is -2.48. The minimum absolute atomic E-state index is 0.0572. The Kier molecular flexibility index (Phi) is 14.7. The zero-order valence-corrected chi connectivity index (χ0v) is 32.7. The molecule has 0 saturated carbocycles. The maximum Gasteiger partial charge on any atom is 0.311 e. The molecule has 3 aliphatic rings. The first-order chi connectivity index (χ1) is 23.1. The fourth-order valence-electron chi connectivity index (χ4n) is 8.49. The largest absolute Gasteiger partial charge is 0.459 e. The minimum atomic E-state index is -1.50. The van der Waals surface area contributed by atoms with Gasteiger partial charge < -0.3 is 58.7 Å². The van der Waals surface area contributed by atoms with Gasteiger partial charge in [-0.2, -0.15) is 0 Å². The van der Waals surface area contributed by atoms with Crippen LogP contribution in [0.5, 0.6) is 0 Å². The molecule has 292 valence electrons. The molecule has 15 atom stereocenters. The lowest BCUT2D eigenvalue weighted by molar-refractivity contribution is -0.306. The van der Waals surface area contributed by atoms with E-state index in [9.17, 15) is 25.3 Å². The van der Waals surface area contributed by atoms with Crippen molar-refractivity contribution in [2.45, 2.75) is 160 Å². The Morgan fingerprint density at radius 2 is 1.66 bits per heavy atom. The van der Waals surface area contributed by atoms with E-state index in [1.54, 1.807) is 34.6 Å². The molecule has 0 aromatic heterocycles. The zero-order chi connectivity index (χ0) is 37.9. The van der Waals surface area contributed by atoms with Gasteiger partial charge in [0.15, 0.2) is 12.6 Å². The van der Waals surface area contributed by atoms with Crippen LogP contribution in [0.3, 0.4) is 0 Å². The summed E-state index contributed by atoms with van der Waals surface area (Å²) in [6, 6.07) is -0.249. The number of hydrogen-bond donors (Lipinski definition) is 4. The number of likely N-dealkylation sites (N-methyl/N-ethyl adjacent to an activating group) is 2. The van der Waals surface area contributed by atoms with E-state index in [-0.39, 0.29) is 31.0 Å². The Labute approximate surface area is 299 Å². The third kappa shape index (κ3) is 9.94. The van der Waals surface area contributed by atoms with Crippen LogP contribution in [-0.2, 0) is 33.2 Å². The summed E-state index contributed by atoms with van der Waals surface area (Å²) < 4.78 is 37.6. The summed E-state index contributed by atoms with van der Waals surface area (Å²) in [7, 11) is 7.19. The molecule has 3 aliphatic heterocycles. The van der Waals surface area contributed by atoms with Crippen molar-refractivity contribution in [2.24, 2.45) is 22.9 Å². The topological polar surface area (TPSA) is 172 Å². The number of aliphatic hydroxyl groups is 3. The van der Waals surface area contributed by atoms with Crippen LogP contribution >= 0.6 is 0 Å². The molecule has 50 heavy (non-hydrogen) atoms. The molecular formula is C36H67N3O11. The van der Waals surface area contributed by atoms with E-state index in [1.807, 2.05) is 58.6 Å². The average Bonchev–Trinajstić information content (AvgIpc) is 3.00. The number of β-amino-alcohol motifs (C(OH)–C–C–N with tert-alkyl or cyclic N) is 1. The SMILES string of the molecule is CC[C@H]1OC(=O)[C@H](C)[C@@H](O[C@H]2C[C@@](C)(OC)/C(=N/O)[C@H](C)O2)[C@H](C)[C@@H](O[C@@H]2O[C@H](C)C[C@H](N(C)C)[C@H]2O)[C@](C)(O)C[C@@H](C)CN(C)C[C@]1(C)O. The van der Waals surface area contributed by atoms with E-state index in [4.69, 9.17) is 28.4 Å². The highest BCUT2D eigenvalue weighted by molar-refractivity contribution is 5.96. The van der Waals surface area contributed by atoms with Gasteiger partial charge in [-0.1, -0.05) is 25.9 Å². The number of carbonyl (C=O) groups excluding carboxylic acids is 1. The van der Waals surface area contributed by atoms with Crippen molar-refractivity contribution in [3.63, 3.8) is 0 Å². The Morgan fingerprint density at radius 1 is 1.02 bits per heavy atom. The fraction of sp³-hybridized carbons (Fsp3) is 0.944. The maximum atomic E-state index is 14.1. The fourth-order valence-corrected chi connectivity index (χ4v) is 8.49. The number of nitrogens with zero attached hydrogens (tertiary/aromatic N) is 3. The van der Waals surface area contributed by atoms with Crippen LogP contribution in [0.15, 0.2) is 5.16 Å². The van der Waals surface area contributed by atoms with Crippen LogP contribution in [0.1, 0.15) is 88.0 Å². The van der Waals surface area contributed by atoms with Crippen LogP contribution in [0, 0.1) is 17.8 Å². The van der Waals surface area contributed by atoms with Crippen molar-refractivity contribution in [1.82, 2.24) is 9.80 Å². The number of oxime groups is 1. The Morgan fingerprint density at radius 3 is 2.22 bits per heavy atom. The quantitative estimate of drug-likeness (QED) is 0.172. The Bertz CT molecular complexity index is 1140. The molecule has 0 unspecified atom stereocenters. The second-order valence-electron chi connectivity index (χ2n) is 16.3. The van der Waals surface area contributed by atoms with E-state index in [0.29, 0.717) is 31.5 Å². The molecular weight excluding hydrogens is 650 g/mol. The number of cyclic esters (lactones) is 1.